The SMILES string of the molecule is CC1(O)CC2=C(C2)C(C)(OC(=O)C(C)(C)C)C1. The molecule has 2 atom stereocenters. The Morgan fingerprint density at radius 2 is 1.94 bits per heavy atom. The molecule has 17 heavy (non-hydrogen) atoms. The Morgan fingerprint density at radius 3 is 2.47 bits per heavy atom. The third kappa shape index (κ3) is 2.39. The minimum absolute atomic E-state index is 0.198. The summed E-state index contributed by atoms with van der Waals surface area (Å²) in [6.45, 7) is 9.29. The van der Waals surface area contributed by atoms with Crippen molar-refractivity contribution < 1.29 is 14.6 Å². The van der Waals surface area contributed by atoms with E-state index in [0.29, 0.717) is 6.42 Å². The fourth-order valence-corrected chi connectivity index (χ4v) is 2.71. The molecule has 0 aromatic heterocycles. The van der Waals surface area contributed by atoms with E-state index >= 15 is 0 Å². The van der Waals surface area contributed by atoms with Crippen LogP contribution in [0.1, 0.15) is 53.9 Å². The van der Waals surface area contributed by atoms with Crippen LogP contribution in [0.15, 0.2) is 11.1 Å². The van der Waals surface area contributed by atoms with Gasteiger partial charge in [-0.05, 0) is 53.0 Å². The third-order valence-electron chi connectivity index (χ3n) is 3.57. The quantitative estimate of drug-likeness (QED) is 0.564. The first-order chi connectivity index (χ1) is 7.54. The van der Waals surface area contributed by atoms with E-state index < -0.39 is 16.6 Å². The van der Waals surface area contributed by atoms with Crippen LogP contribution in [0.4, 0.5) is 0 Å². The summed E-state index contributed by atoms with van der Waals surface area (Å²) in [7, 11) is 0. The smallest absolute Gasteiger partial charge is 0.312 e. The van der Waals surface area contributed by atoms with Crippen LogP contribution in [-0.2, 0) is 9.53 Å². The molecule has 0 aromatic rings. The molecular weight excluding hydrogens is 216 g/mol. The van der Waals surface area contributed by atoms with Crippen molar-refractivity contribution >= 4 is 5.97 Å². The highest BCUT2D eigenvalue weighted by molar-refractivity contribution is 5.76. The normalized spacial score (nSPS) is 36.6. The second-order valence-electron chi connectivity index (χ2n) is 6.98. The summed E-state index contributed by atoms with van der Waals surface area (Å²) < 4.78 is 5.68. The van der Waals surface area contributed by atoms with E-state index in [4.69, 9.17) is 4.74 Å². The zero-order valence-corrected chi connectivity index (χ0v) is 11.4. The average molecular weight is 238 g/mol. The molecule has 2 rings (SSSR count). The molecule has 96 valence electrons. The van der Waals surface area contributed by atoms with Gasteiger partial charge in [0.2, 0.25) is 0 Å². The lowest BCUT2D eigenvalue weighted by Crippen LogP contribution is -2.44. The number of carbonyl (C=O) groups excluding carboxylic acids is 1. The fourth-order valence-electron chi connectivity index (χ4n) is 2.71. The molecule has 0 amide bonds. The molecule has 3 heteroatoms. The number of rotatable bonds is 1. The van der Waals surface area contributed by atoms with Crippen molar-refractivity contribution in [2.45, 2.75) is 65.1 Å². The molecule has 3 nitrogen and oxygen atoms in total. The third-order valence-corrected chi connectivity index (χ3v) is 3.57. The van der Waals surface area contributed by atoms with E-state index in [1.54, 1.807) is 0 Å². The summed E-state index contributed by atoms with van der Waals surface area (Å²) in [4.78, 5) is 12.0. The first kappa shape index (κ1) is 12.6. The van der Waals surface area contributed by atoms with Gasteiger partial charge >= 0.3 is 5.97 Å². The molecule has 2 aliphatic carbocycles. The molecule has 0 aliphatic heterocycles. The van der Waals surface area contributed by atoms with Crippen molar-refractivity contribution in [3.8, 4) is 0 Å². The predicted molar refractivity (Wildman–Crippen MR) is 65.5 cm³/mol. The Bertz CT molecular complexity index is 398. The van der Waals surface area contributed by atoms with Gasteiger partial charge in [0.05, 0.1) is 11.0 Å². The highest BCUT2D eigenvalue weighted by atomic mass is 16.6. The van der Waals surface area contributed by atoms with E-state index in [0.717, 1.165) is 12.8 Å². The summed E-state index contributed by atoms with van der Waals surface area (Å²) in [5.74, 6) is -0.198. The first-order valence-electron chi connectivity index (χ1n) is 6.21. The summed E-state index contributed by atoms with van der Waals surface area (Å²) in [5.41, 5.74) is 0.651. The lowest BCUT2D eigenvalue weighted by atomic mass is 9.81. The zero-order chi connectivity index (χ0) is 13.1. The van der Waals surface area contributed by atoms with Crippen molar-refractivity contribution in [3.63, 3.8) is 0 Å². The molecule has 2 unspecified atom stereocenters. The molecule has 0 radical (unpaired) electrons. The second kappa shape index (κ2) is 3.35. The Kier molecular flexibility index (Phi) is 2.48. The van der Waals surface area contributed by atoms with Gasteiger partial charge in [-0.2, -0.15) is 0 Å². The standard InChI is InChI=1S/C14H22O3/c1-12(2,3)11(15)17-14(5)8-13(4,16)7-9-6-10(9)14/h16H,6-8H2,1-5H3. The zero-order valence-electron chi connectivity index (χ0n) is 11.4. The minimum atomic E-state index is -0.748. The number of hydrogen-bond acceptors (Lipinski definition) is 3. The van der Waals surface area contributed by atoms with Gasteiger partial charge in [0.15, 0.2) is 0 Å². The maximum Gasteiger partial charge on any atom is 0.312 e. The van der Waals surface area contributed by atoms with E-state index in [1.807, 2.05) is 34.6 Å². The van der Waals surface area contributed by atoms with Gasteiger partial charge in [-0.3, -0.25) is 4.79 Å². The lowest BCUT2D eigenvalue weighted by Gasteiger charge is -2.38. The molecule has 0 bridgehead atoms. The number of esters is 1. The van der Waals surface area contributed by atoms with Gasteiger partial charge in [0.1, 0.15) is 5.60 Å². The average Bonchev–Trinajstić information content (AvgIpc) is 2.78. The van der Waals surface area contributed by atoms with Crippen molar-refractivity contribution in [1.29, 1.82) is 0 Å². The fraction of sp³-hybridized carbons (Fsp3) is 0.786. The topological polar surface area (TPSA) is 46.5 Å². The molecule has 2 aliphatic rings. The van der Waals surface area contributed by atoms with Crippen molar-refractivity contribution in [2.75, 3.05) is 0 Å². The van der Waals surface area contributed by atoms with Crippen LogP contribution in [0, 0.1) is 5.41 Å². The van der Waals surface area contributed by atoms with Crippen molar-refractivity contribution in [3.05, 3.63) is 11.1 Å². The summed E-state index contributed by atoms with van der Waals surface area (Å²) >= 11 is 0. The van der Waals surface area contributed by atoms with Gasteiger partial charge in [0.25, 0.3) is 0 Å². The second-order valence-corrected chi connectivity index (χ2v) is 6.98. The Morgan fingerprint density at radius 1 is 1.35 bits per heavy atom. The molecule has 1 N–H and O–H groups in total. The maximum atomic E-state index is 12.0. The van der Waals surface area contributed by atoms with Crippen LogP contribution < -0.4 is 0 Å². The molecule has 0 fully saturated rings. The number of carbonyl (C=O) groups is 1. The van der Waals surface area contributed by atoms with Crippen LogP contribution in [0.25, 0.3) is 0 Å². The van der Waals surface area contributed by atoms with Gasteiger partial charge in [-0.25, -0.2) is 0 Å². The van der Waals surface area contributed by atoms with Gasteiger partial charge < -0.3 is 9.84 Å². The van der Waals surface area contributed by atoms with Crippen molar-refractivity contribution in [1.82, 2.24) is 0 Å². The number of aliphatic hydroxyl groups is 1. The number of hydrogen-bond donors (Lipinski definition) is 1. The van der Waals surface area contributed by atoms with Crippen LogP contribution in [0.2, 0.25) is 0 Å². The van der Waals surface area contributed by atoms with Crippen LogP contribution in [0.3, 0.4) is 0 Å². The number of ether oxygens (including phenoxy) is 1. The summed E-state index contributed by atoms with van der Waals surface area (Å²) in [6, 6.07) is 0. The van der Waals surface area contributed by atoms with E-state index in [9.17, 15) is 9.90 Å². The Labute approximate surface area is 103 Å². The highest BCUT2D eigenvalue weighted by Gasteiger charge is 2.52. The van der Waals surface area contributed by atoms with Crippen LogP contribution in [0.5, 0.6) is 0 Å². The molecule has 0 heterocycles. The van der Waals surface area contributed by atoms with Gasteiger partial charge in [0, 0.05) is 6.42 Å². The Hall–Kier alpha value is -0.830. The minimum Gasteiger partial charge on any atom is -0.454 e. The van der Waals surface area contributed by atoms with Gasteiger partial charge in [-0.1, -0.05) is 5.57 Å². The molecule has 0 spiro atoms. The van der Waals surface area contributed by atoms with Crippen LogP contribution >= 0.6 is 0 Å². The predicted octanol–water partition coefficient (Wildman–Crippen LogP) is 2.58. The van der Waals surface area contributed by atoms with E-state index in [2.05, 4.69) is 0 Å². The summed E-state index contributed by atoms with van der Waals surface area (Å²) in [6.07, 6.45) is 2.15. The van der Waals surface area contributed by atoms with E-state index in [-0.39, 0.29) is 5.97 Å². The highest BCUT2D eigenvalue weighted by Crippen LogP contribution is 2.54. The Balaban J connectivity index is 2.18. The largest absolute Gasteiger partial charge is 0.454 e. The van der Waals surface area contributed by atoms with E-state index in [1.165, 1.54) is 11.1 Å². The van der Waals surface area contributed by atoms with Gasteiger partial charge in [-0.15, -0.1) is 0 Å². The lowest BCUT2D eigenvalue weighted by molar-refractivity contribution is -0.169. The molecule has 0 aromatic carbocycles. The van der Waals surface area contributed by atoms with Crippen LogP contribution in [-0.4, -0.2) is 22.3 Å². The molecule has 0 saturated carbocycles. The maximum absolute atomic E-state index is 12.0. The monoisotopic (exact) mass is 238 g/mol. The molecule has 0 saturated heterocycles. The summed E-state index contributed by atoms with van der Waals surface area (Å²) in [5, 5.41) is 10.2. The van der Waals surface area contributed by atoms with Crippen molar-refractivity contribution in [2.24, 2.45) is 5.41 Å². The molecular formula is C14H22O3. The first-order valence-corrected chi connectivity index (χ1v) is 6.21.